The number of aryl methyl sites for hydroxylation is 1. The lowest BCUT2D eigenvalue weighted by atomic mass is 10.2. The summed E-state index contributed by atoms with van der Waals surface area (Å²) in [5, 5.41) is 9.67. The molecule has 0 saturated heterocycles. The Morgan fingerprint density at radius 2 is 1.90 bits per heavy atom. The molecule has 0 aliphatic carbocycles. The van der Waals surface area contributed by atoms with Gasteiger partial charge in [0, 0.05) is 0 Å². The molecule has 1 rings (SSSR count). The topological polar surface area (TPSA) is 20.2 Å². The van der Waals surface area contributed by atoms with Crippen LogP contribution < -0.4 is 0 Å². The maximum absolute atomic E-state index is 9.06. The highest BCUT2D eigenvalue weighted by Gasteiger charge is 2.02. The van der Waals surface area contributed by atoms with Gasteiger partial charge in [-0.15, -0.1) is 0 Å². The minimum Gasteiger partial charge on any atom is -0.506 e. The molecule has 1 aromatic rings. The van der Waals surface area contributed by atoms with Gasteiger partial charge in [-0.1, -0.05) is 23.2 Å². The van der Waals surface area contributed by atoms with Crippen molar-refractivity contribution >= 4 is 23.2 Å². The third-order valence-corrected chi connectivity index (χ3v) is 1.95. The highest BCUT2D eigenvalue weighted by Crippen LogP contribution is 2.31. The summed E-state index contributed by atoms with van der Waals surface area (Å²) >= 11 is 11.2. The van der Waals surface area contributed by atoms with E-state index in [1.54, 1.807) is 12.1 Å². The first-order valence-electron chi connectivity index (χ1n) is 2.76. The van der Waals surface area contributed by atoms with E-state index in [0.717, 1.165) is 5.56 Å². The Kier molecular flexibility index (Phi) is 2.07. The molecule has 0 amide bonds. The number of benzene rings is 1. The number of phenolic OH excluding ortho intramolecular Hbond substituents is 1. The lowest BCUT2D eigenvalue weighted by Crippen LogP contribution is -1.74. The zero-order valence-electron chi connectivity index (χ0n) is 5.36. The van der Waals surface area contributed by atoms with Crippen molar-refractivity contribution in [2.24, 2.45) is 0 Å². The van der Waals surface area contributed by atoms with Crippen molar-refractivity contribution in [3.8, 4) is 5.75 Å². The average molecular weight is 177 g/mol. The van der Waals surface area contributed by atoms with Crippen LogP contribution in [0, 0.1) is 6.92 Å². The molecule has 0 aromatic heterocycles. The summed E-state index contributed by atoms with van der Waals surface area (Å²) in [4.78, 5) is 0. The van der Waals surface area contributed by atoms with E-state index in [1.165, 1.54) is 0 Å². The predicted octanol–water partition coefficient (Wildman–Crippen LogP) is 3.01. The predicted molar refractivity (Wildman–Crippen MR) is 42.9 cm³/mol. The largest absolute Gasteiger partial charge is 0.506 e. The first kappa shape index (κ1) is 7.70. The summed E-state index contributed by atoms with van der Waals surface area (Å²) in [6.45, 7) is 1.84. The molecule has 0 bridgehead atoms. The molecule has 0 heterocycles. The summed E-state index contributed by atoms with van der Waals surface area (Å²) < 4.78 is 0. The van der Waals surface area contributed by atoms with Crippen molar-refractivity contribution in [3.05, 3.63) is 27.7 Å². The second-order valence-electron chi connectivity index (χ2n) is 2.08. The Morgan fingerprint density at radius 1 is 1.30 bits per heavy atom. The van der Waals surface area contributed by atoms with Crippen LogP contribution in [0.5, 0.6) is 5.75 Å². The van der Waals surface area contributed by atoms with Gasteiger partial charge in [-0.25, -0.2) is 0 Å². The van der Waals surface area contributed by atoms with Crippen LogP contribution in [0.25, 0.3) is 0 Å². The minimum absolute atomic E-state index is 0.0340. The molecule has 1 N–H and O–H groups in total. The van der Waals surface area contributed by atoms with Crippen molar-refractivity contribution in [2.45, 2.75) is 6.92 Å². The Morgan fingerprint density at radius 3 is 2.40 bits per heavy atom. The summed E-state index contributed by atoms with van der Waals surface area (Å²) in [6.07, 6.45) is 0. The molecule has 0 aliphatic rings. The molecule has 0 spiro atoms. The van der Waals surface area contributed by atoms with E-state index in [4.69, 9.17) is 28.3 Å². The molecule has 3 heteroatoms. The highest BCUT2D eigenvalue weighted by atomic mass is 35.5. The maximum Gasteiger partial charge on any atom is 0.135 e. The van der Waals surface area contributed by atoms with Crippen molar-refractivity contribution in [2.75, 3.05) is 0 Å². The normalized spacial score (nSPS) is 9.90. The smallest absolute Gasteiger partial charge is 0.135 e. The van der Waals surface area contributed by atoms with Crippen LogP contribution in [0.2, 0.25) is 10.0 Å². The fourth-order valence-corrected chi connectivity index (χ4v) is 1.08. The molecule has 0 radical (unpaired) electrons. The molecule has 1 aromatic carbocycles. The molecular formula is C7H6Cl2O. The molecular weight excluding hydrogens is 171 g/mol. The van der Waals surface area contributed by atoms with Gasteiger partial charge in [0.25, 0.3) is 0 Å². The molecule has 10 heavy (non-hydrogen) atoms. The fraction of sp³-hybridized carbons (Fsp3) is 0.143. The zero-order chi connectivity index (χ0) is 7.72. The lowest BCUT2D eigenvalue weighted by molar-refractivity contribution is 0.475. The highest BCUT2D eigenvalue weighted by molar-refractivity contribution is 6.42. The van der Waals surface area contributed by atoms with E-state index in [-0.39, 0.29) is 10.8 Å². The Bertz CT molecular complexity index is 235. The second kappa shape index (κ2) is 2.69. The number of aromatic hydroxyl groups is 1. The van der Waals surface area contributed by atoms with E-state index in [2.05, 4.69) is 0 Å². The standard InChI is InChI=1S/C7H6Cl2O/c1-4-2-5(8)7(9)6(10)3-4/h2-3,10H,1H3. The van der Waals surface area contributed by atoms with Gasteiger partial charge < -0.3 is 5.11 Å². The van der Waals surface area contributed by atoms with Gasteiger partial charge in [0.2, 0.25) is 0 Å². The SMILES string of the molecule is Cc1cc(O)c(Cl)c(Cl)c1. The lowest BCUT2D eigenvalue weighted by Gasteiger charge is -1.99. The molecule has 0 aliphatic heterocycles. The second-order valence-corrected chi connectivity index (χ2v) is 2.87. The summed E-state index contributed by atoms with van der Waals surface area (Å²) in [5.74, 6) is 0.0340. The average Bonchev–Trinajstić information content (AvgIpc) is 1.82. The first-order valence-corrected chi connectivity index (χ1v) is 3.51. The molecule has 0 unspecified atom stereocenters. The number of halogens is 2. The van der Waals surface area contributed by atoms with E-state index in [1.807, 2.05) is 6.92 Å². The van der Waals surface area contributed by atoms with Crippen LogP contribution in [0.1, 0.15) is 5.56 Å². The number of phenols is 1. The Hall–Kier alpha value is -0.400. The summed E-state index contributed by atoms with van der Waals surface area (Å²) in [7, 11) is 0. The van der Waals surface area contributed by atoms with Crippen molar-refractivity contribution in [1.82, 2.24) is 0 Å². The number of hydrogen-bond donors (Lipinski definition) is 1. The quantitative estimate of drug-likeness (QED) is 0.645. The Balaban J connectivity index is 3.31. The fourth-order valence-electron chi connectivity index (χ4n) is 0.706. The van der Waals surface area contributed by atoms with Gasteiger partial charge in [-0.2, -0.15) is 0 Å². The zero-order valence-corrected chi connectivity index (χ0v) is 6.87. The maximum atomic E-state index is 9.06. The van der Waals surface area contributed by atoms with E-state index in [9.17, 15) is 0 Å². The van der Waals surface area contributed by atoms with E-state index >= 15 is 0 Å². The third-order valence-electron chi connectivity index (χ3n) is 1.15. The molecule has 0 fully saturated rings. The monoisotopic (exact) mass is 176 g/mol. The molecule has 54 valence electrons. The van der Waals surface area contributed by atoms with Gasteiger partial charge in [0.05, 0.1) is 5.02 Å². The summed E-state index contributed by atoms with van der Waals surface area (Å²) in [6, 6.07) is 3.26. The molecule has 0 saturated carbocycles. The van der Waals surface area contributed by atoms with Crippen molar-refractivity contribution in [3.63, 3.8) is 0 Å². The Labute approximate surface area is 69.2 Å². The first-order chi connectivity index (χ1) is 4.61. The van der Waals surface area contributed by atoms with Crippen molar-refractivity contribution in [1.29, 1.82) is 0 Å². The van der Waals surface area contributed by atoms with E-state index in [0.29, 0.717) is 5.02 Å². The van der Waals surface area contributed by atoms with Gasteiger partial charge >= 0.3 is 0 Å². The molecule has 1 nitrogen and oxygen atoms in total. The van der Waals surface area contributed by atoms with Gasteiger partial charge in [-0.3, -0.25) is 0 Å². The van der Waals surface area contributed by atoms with Crippen LogP contribution >= 0.6 is 23.2 Å². The van der Waals surface area contributed by atoms with Gasteiger partial charge in [0.15, 0.2) is 0 Å². The van der Waals surface area contributed by atoms with Gasteiger partial charge in [-0.05, 0) is 24.6 Å². The van der Waals surface area contributed by atoms with Crippen LogP contribution in [0.4, 0.5) is 0 Å². The van der Waals surface area contributed by atoms with Crippen LogP contribution in [-0.2, 0) is 0 Å². The van der Waals surface area contributed by atoms with Crippen LogP contribution in [0.15, 0.2) is 12.1 Å². The number of hydrogen-bond acceptors (Lipinski definition) is 1. The van der Waals surface area contributed by atoms with E-state index < -0.39 is 0 Å². The summed E-state index contributed by atoms with van der Waals surface area (Å²) in [5.41, 5.74) is 0.895. The van der Waals surface area contributed by atoms with Crippen molar-refractivity contribution < 1.29 is 5.11 Å². The molecule has 0 atom stereocenters. The van der Waals surface area contributed by atoms with Gasteiger partial charge in [0.1, 0.15) is 10.8 Å². The van der Waals surface area contributed by atoms with Crippen LogP contribution in [-0.4, -0.2) is 5.11 Å². The third kappa shape index (κ3) is 1.36. The minimum atomic E-state index is 0.0340. The van der Waals surface area contributed by atoms with Crippen LogP contribution in [0.3, 0.4) is 0 Å². The number of rotatable bonds is 0.